The molecule has 0 radical (unpaired) electrons. The molecular weight excluding hydrogens is 234 g/mol. The molecule has 1 aromatic rings. The molecule has 0 aliphatic heterocycles. The zero-order valence-electron chi connectivity index (χ0n) is 10.3. The Morgan fingerprint density at radius 1 is 1.18 bits per heavy atom. The van der Waals surface area contributed by atoms with Crippen molar-refractivity contribution in [3.63, 3.8) is 0 Å². The second kappa shape index (κ2) is 5.09. The average molecular weight is 254 g/mol. The van der Waals surface area contributed by atoms with Gasteiger partial charge < -0.3 is 5.73 Å². The Morgan fingerprint density at radius 3 is 2.00 bits per heavy atom. The SMILES string of the molecule is CCC1C(CC)C1(C(N)=O)c1ccccc1.Cl. The van der Waals surface area contributed by atoms with Gasteiger partial charge in [-0.05, 0) is 17.4 Å². The van der Waals surface area contributed by atoms with E-state index in [1.807, 2.05) is 30.3 Å². The number of carbonyl (C=O) groups excluding carboxylic acids is 1. The van der Waals surface area contributed by atoms with E-state index in [2.05, 4.69) is 13.8 Å². The van der Waals surface area contributed by atoms with Gasteiger partial charge in [-0.1, -0.05) is 57.0 Å². The second-order valence-corrected chi connectivity index (χ2v) is 4.63. The number of primary amides is 1. The molecule has 0 saturated heterocycles. The molecule has 1 amide bonds. The van der Waals surface area contributed by atoms with Crippen molar-refractivity contribution in [2.45, 2.75) is 32.1 Å². The third kappa shape index (κ3) is 1.85. The van der Waals surface area contributed by atoms with Crippen LogP contribution in [-0.4, -0.2) is 5.91 Å². The minimum absolute atomic E-state index is 0. The van der Waals surface area contributed by atoms with Gasteiger partial charge in [0.25, 0.3) is 0 Å². The van der Waals surface area contributed by atoms with Gasteiger partial charge in [0.2, 0.25) is 5.91 Å². The van der Waals surface area contributed by atoms with E-state index < -0.39 is 0 Å². The molecule has 1 aliphatic rings. The van der Waals surface area contributed by atoms with Gasteiger partial charge in [0.05, 0.1) is 5.41 Å². The highest BCUT2D eigenvalue weighted by Gasteiger charge is 2.67. The van der Waals surface area contributed by atoms with Crippen LogP contribution in [0, 0.1) is 11.8 Å². The van der Waals surface area contributed by atoms with Crippen LogP contribution in [0.3, 0.4) is 0 Å². The number of rotatable bonds is 4. The van der Waals surface area contributed by atoms with Gasteiger partial charge in [-0.15, -0.1) is 12.4 Å². The monoisotopic (exact) mass is 253 g/mol. The lowest BCUT2D eigenvalue weighted by molar-refractivity contribution is -0.121. The Balaban J connectivity index is 0.00000144. The lowest BCUT2D eigenvalue weighted by atomic mass is 9.90. The summed E-state index contributed by atoms with van der Waals surface area (Å²) < 4.78 is 0. The zero-order valence-corrected chi connectivity index (χ0v) is 11.2. The number of benzene rings is 1. The number of hydrogen-bond acceptors (Lipinski definition) is 1. The molecule has 1 aliphatic carbocycles. The van der Waals surface area contributed by atoms with E-state index in [1.54, 1.807) is 0 Å². The molecule has 2 rings (SSSR count). The minimum atomic E-state index is -0.384. The van der Waals surface area contributed by atoms with Gasteiger partial charge in [0, 0.05) is 0 Å². The van der Waals surface area contributed by atoms with Crippen LogP contribution in [0.25, 0.3) is 0 Å². The van der Waals surface area contributed by atoms with Crippen molar-refractivity contribution in [1.29, 1.82) is 0 Å². The van der Waals surface area contributed by atoms with Gasteiger partial charge >= 0.3 is 0 Å². The van der Waals surface area contributed by atoms with Gasteiger partial charge in [0.15, 0.2) is 0 Å². The Kier molecular flexibility index (Phi) is 4.21. The lowest BCUT2D eigenvalue weighted by Gasteiger charge is -2.14. The molecule has 0 aromatic heterocycles. The Labute approximate surface area is 109 Å². The summed E-state index contributed by atoms with van der Waals surface area (Å²) >= 11 is 0. The fourth-order valence-corrected chi connectivity index (χ4v) is 3.40. The van der Waals surface area contributed by atoms with Crippen molar-refractivity contribution in [2.75, 3.05) is 0 Å². The van der Waals surface area contributed by atoms with Gasteiger partial charge in [-0.25, -0.2) is 0 Å². The molecule has 0 bridgehead atoms. The maximum Gasteiger partial charge on any atom is 0.228 e. The van der Waals surface area contributed by atoms with Gasteiger partial charge in [-0.2, -0.15) is 0 Å². The van der Waals surface area contributed by atoms with Crippen molar-refractivity contribution in [1.82, 2.24) is 0 Å². The molecule has 94 valence electrons. The van der Waals surface area contributed by atoms with Crippen LogP contribution in [0.1, 0.15) is 32.3 Å². The van der Waals surface area contributed by atoms with E-state index in [9.17, 15) is 4.79 Å². The molecule has 1 fully saturated rings. The van der Waals surface area contributed by atoms with E-state index in [4.69, 9.17) is 5.73 Å². The first-order valence-corrected chi connectivity index (χ1v) is 6.04. The smallest absolute Gasteiger partial charge is 0.228 e. The van der Waals surface area contributed by atoms with Crippen molar-refractivity contribution in [3.8, 4) is 0 Å². The largest absolute Gasteiger partial charge is 0.369 e. The van der Waals surface area contributed by atoms with Crippen LogP contribution in [0.2, 0.25) is 0 Å². The summed E-state index contributed by atoms with van der Waals surface area (Å²) in [7, 11) is 0. The fraction of sp³-hybridized carbons (Fsp3) is 0.500. The quantitative estimate of drug-likeness (QED) is 0.881. The summed E-state index contributed by atoms with van der Waals surface area (Å²) in [4.78, 5) is 11.8. The number of carbonyl (C=O) groups is 1. The standard InChI is InChI=1S/C14H19NO.ClH/c1-3-11-12(4-2)14(11,13(15)16)10-8-6-5-7-9-10;/h5-9,11-12H,3-4H2,1-2H3,(H2,15,16);1H. The molecule has 1 aromatic carbocycles. The molecule has 0 spiro atoms. The maximum absolute atomic E-state index is 11.8. The first-order chi connectivity index (χ1) is 7.69. The summed E-state index contributed by atoms with van der Waals surface area (Å²) in [5.41, 5.74) is 6.37. The summed E-state index contributed by atoms with van der Waals surface area (Å²) in [6, 6.07) is 10.0. The van der Waals surface area contributed by atoms with Crippen molar-refractivity contribution in [2.24, 2.45) is 17.6 Å². The highest BCUT2D eigenvalue weighted by Crippen LogP contribution is 2.62. The third-order valence-corrected chi connectivity index (χ3v) is 4.09. The van der Waals surface area contributed by atoms with E-state index in [0.717, 1.165) is 18.4 Å². The normalized spacial score (nSPS) is 30.5. The molecule has 17 heavy (non-hydrogen) atoms. The molecular formula is C14H20ClNO. The summed E-state index contributed by atoms with van der Waals surface area (Å²) in [5.74, 6) is 0.701. The predicted octanol–water partition coefficient (Wildman–Crippen LogP) is 2.90. The highest BCUT2D eigenvalue weighted by atomic mass is 35.5. The van der Waals surface area contributed by atoms with Crippen molar-refractivity contribution >= 4 is 18.3 Å². The lowest BCUT2D eigenvalue weighted by Crippen LogP contribution is -2.32. The molecule has 3 heteroatoms. The molecule has 2 nitrogen and oxygen atoms in total. The molecule has 2 N–H and O–H groups in total. The average Bonchev–Trinajstić information content (AvgIpc) is 2.99. The second-order valence-electron chi connectivity index (χ2n) is 4.63. The summed E-state index contributed by atoms with van der Waals surface area (Å²) in [6.45, 7) is 4.28. The molecule has 2 unspecified atom stereocenters. The summed E-state index contributed by atoms with van der Waals surface area (Å²) in [6.07, 6.45) is 2.05. The van der Waals surface area contributed by atoms with Crippen LogP contribution < -0.4 is 5.73 Å². The Morgan fingerprint density at radius 2 is 1.65 bits per heavy atom. The number of halogens is 1. The van der Waals surface area contributed by atoms with Crippen LogP contribution in [-0.2, 0) is 10.2 Å². The zero-order chi connectivity index (χ0) is 11.8. The first-order valence-electron chi connectivity index (χ1n) is 6.04. The first kappa shape index (κ1) is 14.0. The summed E-state index contributed by atoms with van der Waals surface area (Å²) in [5, 5.41) is 0. The van der Waals surface area contributed by atoms with Crippen molar-refractivity contribution < 1.29 is 4.79 Å². The highest BCUT2D eigenvalue weighted by molar-refractivity contribution is 5.91. The van der Waals surface area contributed by atoms with Gasteiger partial charge in [0.1, 0.15) is 0 Å². The topological polar surface area (TPSA) is 43.1 Å². The molecule has 1 saturated carbocycles. The van der Waals surface area contributed by atoms with E-state index in [1.165, 1.54) is 0 Å². The maximum atomic E-state index is 11.8. The Bertz CT molecular complexity index is 380. The van der Waals surface area contributed by atoms with Crippen LogP contribution in [0.15, 0.2) is 30.3 Å². The number of amides is 1. The molecule has 0 heterocycles. The van der Waals surface area contributed by atoms with Crippen LogP contribution in [0.4, 0.5) is 0 Å². The third-order valence-electron chi connectivity index (χ3n) is 4.09. The van der Waals surface area contributed by atoms with Crippen molar-refractivity contribution in [3.05, 3.63) is 35.9 Å². The number of hydrogen-bond donors (Lipinski definition) is 1. The Hall–Kier alpha value is -1.02. The van der Waals surface area contributed by atoms with Crippen LogP contribution in [0.5, 0.6) is 0 Å². The van der Waals surface area contributed by atoms with E-state index in [-0.39, 0.29) is 23.7 Å². The fourth-order valence-electron chi connectivity index (χ4n) is 3.40. The minimum Gasteiger partial charge on any atom is -0.369 e. The number of nitrogens with two attached hydrogens (primary N) is 1. The van der Waals surface area contributed by atoms with E-state index >= 15 is 0 Å². The van der Waals surface area contributed by atoms with E-state index in [0.29, 0.717) is 11.8 Å². The van der Waals surface area contributed by atoms with Gasteiger partial charge in [-0.3, -0.25) is 4.79 Å². The predicted molar refractivity (Wildman–Crippen MR) is 72.1 cm³/mol. The van der Waals surface area contributed by atoms with Crippen LogP contribution >= 0.6 is 12.4 Å². The molecule has 2 atom stereocenters.